The van der Waals surface area contributed by atoms with Crippen molar-refractivity contribution in [1.82, 2.24) is 4.98 Å². The molecule has 0 atom stereocenters. The molecule has 0 radical (unpaired) electrons. The van der Waals surface area contributed by atoms with Gasteiger partial charge in [-0.25, -0.2) is 0 Å². The molecule has 1 N–H and O–H groups in total. The van der Waals surface area contributed by atoms with Crippen molar-refractivity contribution in [2.75, 3.05) is 18.0 Å². The van der Waals surface area contributed by atoms with Gasteiger partial charge in [-0.1, -0.05) is 0 Å². The minimum atomic E-state index is -1.03. The van der Waals surface area contributed by atoms with Crippen LogP contribution in [0.5, 0.6) is 0 Å². The second-order valence-corrected chi connectivity index (χ2v) is 3.12. The van der Waals surface area contributed by atoms with Crippen molar-refractivity contribution in [3.63, 3.8) is 0 Å². The highest BCUT2D eigenvalue weighted by Crippen LogP contribution is 2.21. The molecule has 0 saturated carbocycles. The number of oxazole rings is 1. The quantitative estimate of drug-likeness (QED) is 0.801. The monoisotopic (exact) mass is 223 g/mol. The fraction of sp³-hybridized carbons (Fsp3) is 0.500. The highest BCUT2D eigenvalue weighted by Gasteiger charge is 2.18. The Morgan fingerprint density at radius 1 is 1.56 bits per heavy atom. The molecule has 86 valence electrons. The third-order valence-electron chi connectivity index (χ3n) is 2.11. The number of carboxylic acid groups (broad SMARTS) is 1. The molecular weight excluding hydrogens is 210 g/mol. The number of aliphatic carboxylic acids is 1. The van der Waals surface area contributed by atoms with E-state index in [-0.39, 0.29) is 18.0 Å². The molecule has 6 nitrogen and oxygen atoms in total. The maximum atomic E-state index is 10.5. The topological polar surface area (TPSA) is 90.4 Å². The van der Waals surface area contributed by atoms with Crippen LogP contribution in [-0.4, -0.2) is 29.1 Å². The van der Waals surface area contributed by atoms with Crippen LogP contribution in [0.1, 0.15) is 25.4 Å². The van der Waals surface area contributed by atoms with Crippen LogP contribution in [0.3, 0.4) is 0 Å². The summed E-state index contributed by atoms with van der Waals surface area (Å²) in [6, 6.07) is 1.90. The molecule has 0 bridgehead atoms. The Hall–Kier alpha value is -2.03. The lowest BCUT2D eigenvalue weighted by atomic mass is 10.4. The SMILES string of the molecule is CCN(CC)c1oc(CC(=O)O)nc1C#N. The van der Waals surface area contributed by atoms with E-state index in [0.29, 0.717) is 19.0 Å². The zero-order valence-corrected chi connectivity index (χ0v) is 9.23. The van der Waals surface area contributed by atoms with Crippen molar-refractivity contribution in [2.45, 2.75) is 20.3 Å². The number of carbonyl (C=O) groups is 1. The van der Waals surface area contributed by atoms with E-state index in [2.05, 4.69) is 4.98 Å². The van der Waals surface area contributed by atoms with E-state index in [4.69, 9.17) is 14.8 Å². The molecule has 0 aromatic carbocycles. The Labute approximate surface area is 93.1 Å². The number of anilines is 1. The molecule has 1 rings (SSSR count). The predicted octanol–water partition coefficient (Wildman–Crippen LogP) is 1.02. The van der Waals surface area contributed by atoms with Crippen LogP contribution in [0.2, 0.25) is 0 Å². The molecule has 16 heavy (non-hydrogen) atoms. The molecule has 0 aliphatic heterocycles. The number of nitriles is 1. The average molecular weight is 223 g/mol. The standard InChI is InChI=1S/C10H13N3O3/c1-3-13(4-2)10-7(6-11)12-8(16-10)5-9(14)15/h3-5H2,1-2H3,(H,14,15). The highest BCUT2D eigenvalue weighted by molar-refractivity contribution is 5.69. The molecule has 0 spiro atoms. The van der Waals surface area contributed by atoms with E-state index < -0.39 is 5.97 Å². The number of aromatic nitrogens is 1. The Morgan fingerprint density at radius 2 is 2.19 bits per heavy atom. The maximum absolute atomic E-state index is 10.5. The minimum absolute atomic E-state index is 0.0611. The van der Waals surface area contributed by atoms with E-state index in [9.17, 15) is 4.79 Å². The summed E-state index contributed by atoms with van der Waals surface area (Å²) in [4.78, 5) is 16.1. The summed E-state index contributed by atoms with van der Waals surface area (Å²) in [7, 11) is 0. The minimum Gasteiger partial charge on any atom is -0.481 e. The van der Waals surface area contributed by atoms with Crippen LogP contribution in [0.4, 0.5) is 5.88 Å². The zero-order chi connectivity index (χ0) is 12.1. The lowest BCUT2D eigenvalue weighted by Gasteiger charge is -2.16. The van der Waals surface area contributed by atoms with Crippen LogP contribution < -0.4 is 4.90 Å². The van der Waals surface area contributed by atoms with Crippen molar-refractivity contribution in [1.29, 1.82) is 5.26 Å². The summed E-state index contributed by atoms with van der Waals surface area (Å²) in [5.74, 6) is -0.619. The molecule has 6 heteroatoms. The van der Waals surface area contributed by atoms with Gasteiger partial charge in [0.2, 0.25) is 17.5 Å². The van der Waals surface area contributed by atoms with E-state index in [0.717, 1.165) is 0 Å². The second kappa shape index (κ2) is 5.16. The Bertz CT molecular complexity index is 415. The molecule has 0 fully saturated rings. The van der Waals surface area contributed by atoms with Crippen molar-refractivity contribution < 1.29 is 14.3 Å². The Morgan fingerprint density at radius 3 is 2.62 bits per heavy atom. The van der Waals surface area contributed by atoms with Gasteiger partial charge >= 0.3 is 5.97 Å². The van der Waals surface area contributed by atoms with Crippen molar-refractivity contribution in [2.24, 2.45) is 0 Å². The maximum Gasteiger partial charge on any atom is 0.312 e. The van der Waals surface area contributed by atoms with E-state index in [1.165, 1.54) is 0 Å². The first kappa shape index (κ1) is 12.0. The van der Waals surface area contributed by atoms with Gasteiger partial charge in [-0.15, -0.1) is 0 Å². The number of nitrogens with zero attached hydrogens (tertiary/aromatic N) is 3. The lowest BCUT2D eigenvalue weighted by molar-refractivity contribution is -0.136. The smallest absolute Gasteiger partial charge is 0.312 e. The van der Waals surface area contributed by atoms with E-state index in [1.54, 1.807) is 0 Å². The largest absolute Gasteiger partial charge is 0.481 e. The number of hydrogen-bond acceptors (Lipinski definition) is 5. The highest BCUT2D eigenvalue weighted by atomic mass is 16.4. The summed E-state index contributed by atoms with van der Waals surface area (Å²) in [6.07, 6.45) is -0.310. The van der Waals surface area contributed by atoms with Crippen LogP contribution in [-0.2, 0) is 11.2 Å². The van der Waals surface area contributed by atoms with Gasteiger partial charge in [0.1, 0.15) is 12.5 Å². The Kier molecular flexibility index (Phi) is 3.89. The van der Waals surface area contributed by atoms with Crippen LogP contribution >= 0.6 is 0 Å². The van der Waals surface area contributed by atoms with Gasteiger partial charge in [0.25, 0.3) is 0 Å². The molecule has 1 heterocycles. The molecule has 1 aromatic heterocycles. The average Bonchev–Trinajstić information content (AvgIpc) is 2.62. The number of carboxylic acids is 1. The van der Waals surface area contributed by atoms with Gasteiger partial charge in [-0.05, 0) is 13.8 Å². The van der Waals surface area contributed by atoms with Gasteiger partial charge in [-0.2, -0.15) is 10.2 Å². The van der Waals surface area contributed by atoms with Crippen molar-refractivity contribution in [3.05, 3.63) is 11.6 Å². The molecule has 1 aromatic rings. The summed E-state index contributed by atoms with van der Waals surface area (Å²) in [5, 5.41) is 17.5. The summed E-state index contributed by atoms with van der Waals surface area (Å²) < 4.78 is 5.27. The molecule has 0 aliphatic rings. The van der Waals surface area contributed by atoms with Crippen molar-refractivity contribution in [3.8, 4) is 6.07 Å². The number of rotatable bonds is 5. The van der Waals surface area contributed by atoms with Gasteiger partial charge in [0.15, 0.2) is 0 Å². The fourth-order valence-electron chi connectivity index (χ4n) is 1.36. The lowest BCUT2D eigenvalue weighted by Crippen LogP contribution is -2.22. The molecule has 0 amide bonds. The van der Waals surface area contributed by atoms with Gasteiger partial charge < -0.3 is 14.4 Å². The van der Waals surface area contributed by atoms with Crippen LogP contribution in [0, 0.1) is 11.3 Å². The van der Waals surface area contributed by atoms with E-state index in [1.807, 2.05) is 24.8 Å². The van der Waals surface area contributed by atoms with Gasteiger partial charge in [-0.3, -0.25) is 4.79 Å². The summed E-state index contributed by atoms with van der Waals surface area (Å²) in [5.41, 5.74) is 0.139. The summed E-state index contributed by atoms with van der Waals surface area (Å²) >= 11 is 0. The fourth-order valence-corrected chi connectivity index (χ4v) is 1.36. The molecular formula is C10H13N3O3. The first-order valence-corrected chi connectivity index (χ1v) is 4.98. The second-order valence-electron chi connectivity index (χ2n) is 3.12. The normalized spacial score (nSPS) is 9.81. The third kappa shape index (κ3) is 2.51. The van der Waals surface area contributed by atoms with Crippen molar-refractivity contribution >= 4 is 11.9 Å². The van der Waals surface area contributed by atoms with Crippen LogP contribution in [0.25, 0.3) is 0 Å². The molecule has 0 aliphatic carbocycles. The molecule has 0 unspecified atom stereocenters. The predicted molar refractivity (Wildman–Crippen MR) is 56.1 cm³/mol. The first-order valence-electron chi connectivity index (χ1n) is 4.98. The Balaban J connectivity index is 3.04. The zero-order valence-electron chi connectivity index (χ0n) is 9.23. The third-order valence-corrected chi connectivity index (χ3v) is 2.11. The van der Waals surface area contributed by atoms with Crippen LogP contribution in [0.15, 0.2) is 4.42 Å². The summed E-state index contributed by atoms with van der Waals surface area (Å²) in [6.45, 7) is 5.19. The molecule has 0 saturated heterocycles. The van der Waals surface area contributed by atoms with Gasteiger partial charge in [0, 0.05) is 13.1 Å². The first-order chi connectivity index (χ1) is 7.62. The van der Waals surface area contributed by atoms with Gasteiger partial charge in [0.05, 0.1) is 0 Å². The van der Waals surface area contributed by atoms with E-state index >= 15 is 0 Å². The number of hydrogen-bond donors (Lipinski definition) is 1.